The van der Waals surface area contributed by atoms with Crippen LogP contribution in [-0.2, 0) is 6.54 Å². The van der Waals surface area contributed by atoms with E-state index < -0.39 is 5.91 Å². The Labute approximate surface area is 113 Å². The van der Waals surface area contributed by atoms with E-state index in [1.54, 1.807) is 17.5 Å². The summed E-state index contributed by atoms with van der Waals surface area (Å²) in [4.78, 5) is 16.0. The number of nitrogens with one attached hydrogen (secondary N) is 1. The Bertz CT molecular complexity index is 598. The number of thiazole rings is 1. The van der Waals surface area contributed by atoms with Crippen molar-refractivity contribution in [2.45, 2.75) is 6.54 Å². The summed E-state index contributed by atoms with van der Waals surface area (Å²) < 4.78 is 4.96. The van der Waals surface area contributed by atoms with Crippen molar-refractivity contribution in [2.24, 2.45) is 5.73 Å². The lowest BCUT2D eigenvalue weighted by Crippen LogP contribution is -2.12. The molecule has 7 heteroatoms. The molecule has 0 atom stereocenters. The fraction of sp³-hybridized carbons (Fsp3) is 0.167. The third-order valence-corrected chi connectivity index (χ3v) is 3.28. The van der Waals surface area contributed by atoms with E-state index in [0.717, 1.165) is 0 Å². The number of amides is 1. The second-order valence-corrected chi connectivity index (χ2v) is 4.61. The van der Waals surface area contributed by atoms with Crippen molar-refractivity contribution in [3.8, 4) is 11.5 Å². The van der Waals surface area contributed by atoms with Crippen molar-refractivity contribution in [1.29, 1.82) is 0 Å². The average Bonchev–Trinajstić information content (AvgIpc) is 2.90. The molecule has 0 saturated heterocycles. The van der Waals surface area contributed by atoms with Crippen LogP contribution in [0.25, 0.3) is 0 Å². The number of methoxy groups -OCH3 is 1. The molecule has 1 aromatic heterocycles. The summed E-state index contributed by atoms with van der Waals surface area (Å²) >= 11 is 1.32. The van der Waals surface area contributed by atoms with Crippen molar-refractivity contribution < 1.29 is 14.6 Å². The zero-order valence-corrected chi connectivity index (χ0v) is 11.0. The predicted octanol–water partition coefficient (Wildman–Crippen LogP) is 1.57. The second-order valence-electron chi connectivity index (χ2n) is 3.67. The Morgan fingerprint density at radius 2 is 2.37 bits per heavy atom. The Morgan fingerprint density at radius 1 is 1.58 bits per heavy atom. The molecule has 0 aliphatic rings. The van der Waals surface area contributed by atoms with E-state index in [4.69, 9.17) is 10.5 Å². The molecule has 0 radical (unpaired) electrons. The molecule has 0 fully saturated rings. The van der Waals surface area contributed by atoms with Gasteiger partial charge >= 0.3 is 0 Å². The topological polar surface area (TPSA) is 97.5 Å². The van der Waals surface area contributed by atoms with Gasteiger partial charge in [-0.3, -0.25) is 4.79 Å². The summed E-state index contributed by atoms with van der Waals surface area (Å²) in [5.74, 6) is 0.0490. The molecule has 4 N–H and O–H groups in total. The number of aromatic nitrogens is 1. The molecule has 0 spiro atoms. The number of hydrogen-bond donors (Lipinski definition) is 3. The van der Waals surface area contributed by atoms with Crippen LogP contribution in [0.3, 0.4) is 0 Å². The lowest BCUT2D eigenvalue weighted by atomic mass is 10.2. The van der Waals surface area contributed by atoms with Gasteiger partial charge in [0, 0.05) is 18.0 Å². The van der Waals surface area contributed by atoms with E-state index in [1.165, 1.54) is 24.5 Å². The van der Waals surface area contributed by atoms with Gasteiger partial charge < -0.3 is 20.9 Å². The van der Waals surface area contributed by atoms with Crippen LogP contribution in [0, 0.1) is 0 Å². The highest BCUT2D eigenvalue weighted by molar-refractivity contribution is 7.09. The van der Waals surface area contributed by atoms with Crippen LogP contribution in [-0.4, -0.2) is 23.1 Å². The number of aromatic hydroxyl groups is 1. The number of benzene rings is 1. The molecule has 2 aromatic rings. The van der Waals surface area contributed by atoms with Crippen LogP contribution in [0.2, 0.25) is 0 Å². The van der Waals surface area contributed by atoms with Crippen LogP contribution in [0.1, 0.15) is 15.5 Å². The first kappa shape index (κ1) is 13.3. The zero-order valence-electron chi connectivity index (χ0n) is 10.2. The van der Waals surface area contributed by atoms with Gasteiger partial charge in [0.1, 0.15) is 22.2 Å². The highest BCUT2D eigenvalue weighted by Crippen LogP contribution is 2.28. The van der Waals surface area contributed by atoms with E-state index >= 15 is 0 Å². The third kappa shape index (κ3) is 3.01. The molecular formula is C12H13N3O3S. The maximum Gasteiger partial charge on any atom is 0.275 e. The molecule has 0 aliphatic carbocycles. The van der Waals surface area contributed by atoms with Gasteiger partial charge in [-0.05, 0) is 12.1 Å². The molecule has 0 aliphatic heterocycles. The van der Waals surface area contributed by atoms with E-state index in [9.17, 15) is 9.90 Å². The largest absolute Gasteiger partial charge is 0.506 e. The molecule has 1 heterocycles. The lowest BCUT2D eigenvalue weighted by molar-refractivity contribution is 0.102. The minimum Gasteiger partial charge on any atom is -0.506 e. The zero-order chi connectivity index (χ0) is 13.8. The van der Waals surface area contributed by atoms with Crippen LogP contribution >= 0.6 is 11.3 Å². The van der Waals surface area contributed by atoms with Gasteiger partial charge in [0.25, 0.3) is 5.91 Å². The highest BCUT2D eigenvalue weighted by atomic mass is 32.1. The van der Waals surface area contributed by atoms with Gasteiger partial charge in [0.2, 0.25) is 0 Å². The monoisotopic (exact) mass is 279 g/mol. The number of phenolic OH excluding ortho intramolecular Hbond substituents is 1. The van der Waals surface area contributed by atoms with E-state index in [-0.39, 0.29) is 11.4 Å². The van der Waals surface area contributed by atoms with E-state index in [0.29, 0.717) is 23.0 Å². The van der Waals surface area contributed by atoms with Crippen LogP contribution in [0.5, 0.6) is 11.5 Å². The summed E-state index contributed by atoms with van der Waals surface area (Å²) in [5.41, 5.74) is 6.01. The molecule has 6 nitrogen and oxygen atoms in total. The van der Waals surface area contributed by atoms with E-state index in [2.05, 4.69) is 10.3 Å². The summed E-state index contributed by atoms with van der Waals surface area (Å²) in [6.07, 6.45) is 0. The number of nitrogens with zero attached hydrogens (tertiary/aromatic N) is 1. The Morgan fingerprint density at radius 3 is 2.95 bits per heavy atom. The minimum absolute atomic E-state index is 0.0676. The van der Waals surface area contributed by atoms with Crippen molar-refractivity contribution in [3.63, 3.8) is 0 Å². The SMILES string of the molecule is COc1ccc(NC(=O)c2csc(CN)n2)c(O)c1. The molecule has 0 saturated carbocycles. The summed E-state index contributed by atoms with van der Waals surface area (Å²) in [6, 6.07) is 4.62. The van der Waals surface area contributed by atoms with Crippen LogP contribution in [0.4, 0.5) is 5.69 Å². The molecular weight excluding hydrogens is 266 g/mol. The predicted molar refractivity (Wildman–Crippen MR) is 72.6 cm³/mol. The number of carbonyl (C=O) groups excluding carboxylic acids is 1. The second kappa shape index (κ2) is 5.68. The van der Waals surface area contributed by atoms with Crippen LogP contribution < -0.4 is 15.8 Å². The first-order valence-corrected chi connectivity index (χ1v) is 6.35. The van der Waals surface area contributed by atoms with Gasteiger partial charge in [-0.25, -0.2) is 4.98 Å². The lowest BCUT2D eigenvalue weighted by Gasteiger charge is -2.07. The molecule has 1 aromatic carbocycles. The van der Waals surface area contributed by atoms with Gasteiger partial charge in [-0.2, -0.15) is 0 Å². The molecule has 1 amide bonds. The fourth-order valence-electron chi connectivity index (χ4n) is 1.44. The number of ether oxygens (including phenoxy) is 1. The molecule has 100 valence electrons. The summed E-state index contributed by atoms with van der Waals surface area (Å²) in [7, 11) is 1.50. The first-order chi connectivity index (χ1) is 9.13. The molecule has 2 rings (SSSR count). The first-order valence-electron chi connectivity index (χ1n) is 5.47. The fourth-order valence-corrected chi connectivity index (χ4v) is 2.09. The summed E-state index contributed by atoms with van der Waals surface area (Å²) in [5, 5.41) is 14.6. The number of carbonyl (C=O) groups is 1. The average molecular weight is 279 g/mol. The van der Waals surface area contributed by atoms with E-state index in [1.807, 2.05) is 0 Å². The van der Waals surface area contributed by atoms with Crippen LogP contribution in [0.15, 0.2) is 23.6 Å². The Hall–Kier alpha value is -2.12. The normalized spacial score (nSPS) is 10.2. The van der Waals surface area contributed by atoms with Crippen molar-refractivity contribution >= 4 is 22.9 Å². The minimum atomic E-state index is -0.392. The number of hydrogen-bond acceptors (Lipinski definition) is 6. The Balaban J connectivity index is 2.14. The van der Waals surface area contributed by atoms with Gasteiger partial charge in [0.05, 0.1) is 12.8 Å². The van der Waals surface area contributed by atoms with Gasteiger partial charge in [0.15, 0.2) is 0 Å². The van der Waals surface area contributed by atoms with Gasteiger partial charge in [-0.15, -0.1) is 11.3 Å². The summed E-state index contributed by atoms with van der Waals surface area (Å²) in [6.45, 7) is 0.297. The quantitative estimate of drug-likeness (QED) is 0.738. The van der Waals surface area contributed by atoms with Crippen molar-refractivity contribution in [2.75, 3.05) is 12.4 Å². The molecule has 19 heavy (non-hydrogen) atoms. The highest BCUT2D eigenvalue weighted by Gasteiger charge is 2.12. The smallest absolute Gasteiger partial charge is 0.275 e. The van der Waals surface area contributed by atoms with Gasteiger partial charge in [-0.1, -0.05) is 0 Å². The molecule has 0 unspecified atom stereocenters. The van der Waals surface area contributed by atoms with Crippen molar-refractivity contribution in [1.82, 2.24) is 4.98 Å². The number of rotatable bonds is 4. The maximum absolute atomic E-state index is 11.9. The standard InChI is InChI=1S/C12H13N3O3S/c1-18-7-2-3-8(10(16)4-7)15-12(17)9-6-19-11(5-13)14-9/h2-4,6,16H,5,13H2,1H3,(H,15,17). The Kier molecular flexibility index (Phi) is 3.98. The number of phenols is 1. The number of anilines is 1. The van der Waals surface area contributed by atoms with Crippen molar-refractivity contribution in [3.05, 3.63) is 34.3 Å². The number of nitrogens with two attached hydrogens (primary N) is 1. The molecule has 0 bridgehead atoms. The third-order valence-electron chi connectivity index (χ3n) is 2.41. The maximum atomic E-state index is 11.9.